The summed E-state index contributed by atoms with van der Waals surface area (Å²) >= 11 is 6.27. The number of aryl methyl sites for hydroxylation is 1. The molecule has 0 aliphatic heterocycles. The van der Waals surface area contributed by atoms with Gasteiger partial charge >= 0.3 is 0 Å². The zero-order chi connectivity index (χ0) is 13.9. The molecule has 3 aromatic rings. The van der Waals surface area contributed by atoms with Gasteiger partial charge in [0.15, 0.2) is 5.65 Å². The smallest absolute Gasteiger partial charge is 0.160 e. The van der Waals surface area contributed by atoms with E-state index < -0.39 is 0 Å². The van der Waals surface area contributed by atoms with Crippen LogP contribution in [-0.4, -0.2) is 14.5 Å². The first-order valence-corrected chi connectivity index (χ1v) is 7.21. The van der Waals surface area contributed by atoms with Crippen molar-refractivity contribution in [2.45, 2.75) is 26.3 Å². The van der Waals surface area contributed by atoms with Crippen molar-refractivity contribution in [2.75, 3.05) is 0 Å². The summed E-state index contributed by atoms with van der Waals surface area (Å²) in [6.07, 6.45) is 3.81. The van der Waals surface area contributed by atoms with Crippen molar-refractivity contribution in [1.29, 1.82) is 0 Å². The van der Waals surface area contributed by atoms with Crippen LogP contribution in [0.15, 0.2) is 42.6 Å². The van der Waals surface area contributed by atoms with Gasteiger partial charge in [-0.1, -0.05) is 36.7 Å². The standard InChI is InChI=1S/C16H16ClN3/c1-2-6-15-19-14-9-5-10-18-16(14)20(15)11-12-7-3-4-8-13(12)17/h3-5,7-10H,2,6,11H2,1H3. The number of fused-ring (bicyclic) bond motifs is 1. The Morgan fingerprint density at radius 1 is 1.15 bits per heavy atom. The number of nitrogens with zero attached hydrogens (tertiary/aromatic N) is 3. The molecule has 0 N–H and O–H groups in total. The van der Waals surface area contributed by atoms with Gasteiger partial charge in [-0.2, -0.15) is 0 Å². The lowest BCUT2D eigenvalue weighted by Crippen LogP contribution is -2.06. The van der Waals surface area contributed by atoms with E-state index in [1.807, 2.05) is 42.6 Å². The zero-order valence-electron chi connectivity index (χ0n) is 11.4. The van der Waals surface area contributed by atoms with Crippen LogP contribution in [0.5, 0.6) is 0 Å². The molecule has 0 spiro atoms. The van der Waals surface area contributed by atoms with Crippen LogP contribution < -0.4 is 0 Å². The predicted octanol–water partition coefficient (Wildman–Crippen LogP) is 4.09. The molecule has 0 fully saturated rings. The number of rotatable bonds is 4. The molecule has 3 rings (SSSR count). The van der Waals surface area contributed by atoms with Crippen molar-refractivity contribution < 1.29 is 0 Å². The third-order valence-corrected chi connectivity index (χ3v) is 3.71. The molecule has 0 aliphatic carbocycles. The average Bonchev–Trinajstić information content (AvgIpc) is 2.80. The highest BCUT2D eigenvalue weighted by Crippen LogP contribution is 2.21. The Hall–Kier alpha value is -1.87. The van der Waals surface area contributed by atoms with Crippen molar-refractivity contribution in [2.24, 2.45) is 0 Å². The summed E-state index contributed by atoms with van der Waals surface area (Å²) in [5.74, 6) is 1.07. The molecule has 102 valence electrons. The van der Waals surface area contributed by atoms with Gasteiger partial charge in [-0.15, -0.1) is 0 Å². The first-order chi connectivity index (χ1) is 9.79. The molecule has 0 saturated heterocycles. The Labute approximate surface area is 123 Å². The van der Waals surface area contributed by atoms with Crippen LogP contribution in [0.3, 0.4) is 0 Å². The molecule has 20 heavy (non-hydrogen) atoms. The van der Waals surface area contributed by atoms with E-state index in [2.05, 4.69) is 21.5 Å². The lowest BCUT2D eigenvalue weighted by Gasteiger charge is -2.09. The fourth-order valence-electron chi connectivity index (χ4n) is 2.38. The Morgan fingerprint density at radius 2 is 2.00 bits per heavy atom. The highest BCUT2D eigenvalue weighted by Gasteiger charge is 2.12. The van der Waals surface area contributed by atoms with E-state index in [9.17, 15) is 0 Å². The second-order valence-corrected chi connectivity index (χ2v) is 5.21. The van der Waals surface area contributed by atoms with Gasteiger partial charge < -0.3 is 4.57 Å². The third kappa shape index (κ3) is 2.41. The summed E-state index contributed by atoms with van der Waals surface area (Å²) in [6.45, 7) is 2.87. The fourth-order valence-corrected chi connectivity index (χ4v) is 2.58. The van der Waals surface area contributed by atoms with Gasteiger partial charge in [0, 0.05) is 17.6 Å². The molecular weight excluding hydrogens is 270 g/mol. The maximum Gasteiger partial charge on any atom is 0.160 e. The number of hydrogen-bond donors (Lipinski definition) is 0. The summed E-state index contributed by atoms with van der Waals surface area (Å²) in [7, 11) is 0. The molecule has 0 bridgehead atoms. The average molecular weight is 286 g/mol. The summed E-state index contributed by atoms with van der Waals surface area (Å²) in [4.78, 5) is 9.15. The summed E-state index contributed by atoms with van der Waals surface area (Å²) < 4.78 is 2.17. The lowest BCUT2D eigenvalue weighted by atomic mass is 10.2. The van der Waals surface area contributed by atoms with Gasteiger partial charge in [0.25, 0.3) is 0 Å². The number of aromatic nitrogens is 3. The van der Waals surface area contributed by atoms with Crippen LogP contribution in [0.25, 0.3) is 11.2 Å². The summed E-state index contributed by atoms with van der Waals surface area (Å²) in [5.41, 5.74) is 2.97. The lowest BCUT2D eigenvalue weighted by molar-refractivity contribution is 0.717. The minimum absolute atomic E-state index is 0.711. The van der Waals surface area contributed by atoms with E-state index in [-0.39, 0.29) is 0 Å². The Kier molecular flexibility index (Phi) is 3.70. The second-order valence-electron chi connectivity index (χ2n) is 4.80. The van der Waals surface area contributed by atoms with Crippen LogP contribution in [0.4, 0.5) is 0 Å². The van der Waals surface area contributed by atoms with E-state index in [0.717, 1.165) is 40.4 Å². The zero-order valence-corrected chi connectivity index (χ0v) is 12.1. The maximum absolute atomic E-state index is 6.27. The van der Waals surface area contributed by atoms with Gasteiger partial charge in [-0.25, -0.2) is 9.97 Å². The summed E-state index contributed by atoms with van der Waals surface area (Å²) in [6, 6.07) is 11.8. The number of halogens is 1. The molecule has 1 aromatic carbocycles. The van der Waals surface area contributed by atoms with Crippen molar-refractivity contribution in [3.63, 3.8) is 0 Å². The number of imidazole rings is 1. The molecule has 0 saturated carbocycles. The maximum atomic E-state index is 6.27. The van der Waals surface area contributed by atoms with Crippen LogP contribution in [0, 0.1) is 0 Å². The van der Waals surface area contributed by atoms with Gasteiger partial charge in [0.2, 0.25) is 0 Å². The first kappa shape index (κ1) is 13.1. The first-order valence-electron chi connectivity index (χ1n) is 6.83. The largest absolute Gasteiger partial charge is 0.308 e. The van der Waals surface area contributed by atoms with Gasteiger partial charge in [-0.05, 0) is 30.2 Å². The normalized spacial score (nSPS) is 11.1. The van der Waals surface area contributed by atoms with Crippen molar-refractivity contribution in [3.05, 3.63) is 59.0 Å². The number of benzene rings is 1. The van der Waals surface area contributed by atoms with E-state index in [1.54, 1.807) is 0 Å². The van der Waals surface area contributed by atoms with E-state index in [4.69, 9.17) is 11.6 Å². The predicted molar refractivity (Wildman–Crippen MR) is 82.1 cm³/mol. The summed E-state index contributed by atoms with van der Waals surface area (Å²) in [5, 5.41) is 0.785. The molecule has 3 nitrogen and oxygen atoms in total. The molecular formula is C16H16ClN3. The minimum Gasteiger partial charge on any atom is -0.308 e. The number of hydrogen-bond acceptors (Lipinski definition) is 2. The van der Waals surface area contributed by atoms with Crippen molar-refractivity contribution in [1.82, 2.24) is 14.5 Å². The van der Waals surface area contributed by atoms with Gasteiger partial charge in [0.05, 0.1) is 6.54 Å². The number of pyridine rings is 1. The Morgan fingerprint density at radius 3 is 2.80 bits per heavy atom. The molecule has 2 heterocycles. The van der Waals surface area contributed by atoms with Crippen LogP contribution in [0.2, 0.25) is 5.02 Å². The van der Waals surface area contributed by atoms with Gasteiger partial charge in [-0.3, -0.25) is 0 Å². The SMILES string of the molecule is CCCc1nc2cccnc2n1Cc1ccccc1Cl. The molecule has 0 radical (unpaired) electrons. The van der Waals surface area contributed by atoms with Crippen LogP contribution in [-0.2, 0) is 13.0 Å². The van der Waals surface area contributed by atoms with E-state index in [1.165, 1.54) is 0 Å². The molecule has 4 heteroatoms. The third-order valence-electron chi connectivity index (χ3n) is 3.34. The van der Waals surface area contributed by atoms with Crippen molar-refractivity contribution >= 4 is 22.8 Å². The highest BCUT2D eigenvalue weighted by molar-refractivity contribution is 6.31. The Bertz CT molecular complexity index is 733. The fraction of sp³-hybridized carbons (Fsp3) is 0.250. The molecule has 0 atom stereocenters. The van der Waals surface area contributed by atoms with E-state index >= 15 is 0 Å². The monoisotopic (exact) mass is 285 g/mol. The van der Waals surface area contributed by atoms with E-state index in [0.29, 0.717) is 6.54 Å². The molecule has 2 aromatic heterocycles. The quantitative estimate of drug-likeness (QED) is 0.723. The van der Waals surface area contributed by atoms with Crippen molar-refractivity contribution in [3.8, 4) is 0 Å². The topological polar surface area (TPSA) is 30.7 Å². The van der Waals surface area contributed by atoms with Gasteiger partial charge in [0.1, 0.15) is 11.3 Å². The molecule has 0 aliphatic rings. The van der Waals surface area contributed by atoms with Crippen LogP contribution >= 0.6 is 11.6 Å². The second kappa shape index (κ2) is 5.63. The van der Waals surface area contributed by atoms with Crippen LogP contribution in [0.1, 0.15) is 24.7 Å². The Balaban J connectivity index is 2.09. The molecule has 0 amide bonds. The highest BCUT2D eigenvalue weighted by atomic mass is 35.5. The minimum atomic E-state index is 0.711. The molecule has 0 unspecified atom stereocenters.